The number of nitrogens with zero attached hydrogens (tertiary/aromatic N) is 2. The van der Waals surface area contributed by atoms with Crippen molar-refractivity contribution in [2.24, 2.45) is 5.92 Å². The summed E-state index contributed by atoms with van der Waals surface area (Å²) in [5.41, 5.74) is 2.33. The number of nitrogens with one attached hydrogen (secondary N) is 4. The van der Waals surface area contributed by atoms with E-state index in [0.29, 0.717) is 12.8 Å². The van der Waals surface area contributed by atoms with Crippen molar-refractivity contribution in [2.75, 3.05) is 52.7 Å². The maximum Gasteiger partial charge on any atom is 0.254 e. The number of likely N-dealkylation sites (N-methyl/N-ethyl adjacent to an activating group) is 1. The Morgan fingerprint density at radius 2 is 1.88 bits per heavy atom. The normalized spacial score (nSPS) is 17.8. The van der Waals surface area contributed by atoms with Crippen LogP contribution in [0.5, 0.6) is 0 Å². The molecule has 2 aliphatic heterocycles. The maximum atomic E-state index is 12.8. The highest BCUT2D eigenvalue weighted by Gasteiger charge is 2.34. The van der Waals surface area contributed by atoms with Crippen LogP contribution in [-0.4, -0.2) is 111 Å². The Hall–Kier alpha value is -4.10. The first-order valence-corrected chi connectivity index (χ1v) is 14.3. The van der Waals surface area contributed by atoms with Gasteiger partial charge in [-0.2, -0.15) is 0 Å². The summed E-state index contributed by atoms with van der Waals surface area (Å²) in [6.45, 7) is 4.54. The van der Waals surface area contributed by atoms with Crippen LogP contribution >= 0.6 is 0 Å². The third-order valence-corrected chi connectivity index (χ3v) is 7.31. The number of aldehydes is 1. The van der Waals surface area contributed by atoms with Crippen molar-refractivity contribution in [3.63, 3.8) is 0 Å². The Labute approximate surface area is 252 Å². The minimum atomic E-state index is -0.867. The van der Waals surface area contributed by atoms with Crippen molar-refractivity contribution >= 4 is 41.5 Å². The Kier molecular flexibility index (Phi) is 14.5. The first-order valence-electron chi connectivity index (χ1n) is 14.3. The molecule has 0 saturated carbocycles. The molecular formula is C30H44N6O7. The number of methoxy groups -OCH3 is 1. The second-order valence-corrected chi connectivity index (χ2v) is 10.4. The standard InChI is InChI=1S/C19H31N3O2.C11H13N3O5/c1-14(18(24-4)17-9-6-11-21-17)19(23)22(3)12-10-15-7-5-8-16(13-15)20-2;1-7(11(19)12-4-5-15)13-8(16)6-14-9(17)2-3-10(14)18/h5,7-8,13-14,17-18,20-21H,6,9-12H2,1-4H3;2-3,5,7H,4,6H2,1H3,(H,12,19)(H,13,16). The monoisotopic (exact) mass is 600 g/mol. The fourth-order valence-corrected chi connectivity index (χ4v) is 4.86. The van der Waals surface area contributed by atoms with Crippen LogP contribution in [0, 0.1) is 5.92 Å². The first-order chi connectivity index (χ1) is 20.5. The van der Waals surface area contributed by atoms with Gasteiger partial charge in [-0.1, -0.05) is 19.1 Å². The molecule has 0 aromatic heterocycles. The number of amides is 5. The van der Waals surface area contributed by atoms with E-state index < -0.39 is 36.2 Å². The van der Waals surface area contributed by atoms with Gasteiger partial charge in [0.2, 0.25) is 17.7 Å². The summed E-state index contributed by atoms with van der Waals surface area (Å²) in [5, 5.41) is 11.2. The summed E-state index contributed by atoms with van der Waals surface area (Å²) < 4.78 is 5.64. The van der Waals surface area contributed by atoms with Gasteiger partial charge in [-0.3, -0.25) is 28.9 Å². The lowest BCUT2D eigenvalue weighted by Gasteiger charge is -2.30. The lowest BCUT2D eigenvalue weighted by molar-refractivity contribution is -0.141. The number of rotatable bonds is 14. The summed E-state index contributed by atoms with van der Waals surface area (Å²) in [5.74, 6) is -2.30. The quantitative estimate of drug-likeness (QED) is 0.168. The average molecular weight is 601 g/mol. The largest absolute Gasteiger partial charge is 0.388 e. The fourth-order valence-electron chi connectivity index (χ4n) is 4.86. The van der Waals surface area contributed by atoms with Gasteiger partial charge in [0.1, 0.15) is 18.9 Å². The molecule has 4 N–H and O–H groups in total. The molecule has 2 heterocycles. The smallest absolute Gasteiger partial charge is 0.254 e. The number of benzene rings is 1. The predicted molar refractivity (Wildman–Crippen MR) is 161 cm³/mol. The van der Waals surface area contributed by atoms with Crippen LogP contribution in [0.25, 0.3) is 0 Å². The molecule has 43 heavy (non-hydrogen) atoms. The fraction of sp³-hybridized carbons (Fsp3) is 0.533. The highest BCUT2D eigenvalue weighted by molar-refractivity contribution is 6.14. The van der Waals surface area contributed by atoms with Crippen molar-refractivity contribution < 1.29 is 33.5 Å². The van der Waals surface area contributed by atoms with E-state index >= 15 is 0 Å². The van der Waals surface area contributed by atoms with E-state index in [1.807, 2.05) is 38.1 Å². The Balaban J connectivity index is 0.000000309. The third-order valence-electron chi connectivity index (χ3n) is 7.31. The number of hydrogen-bond acceptors (Lipinski definition) is 9. The average Bonchev–Trinajstić information content (AvgIpc) is 3.65. The van der Waals surface area contributed by atoms with Gasteiger partial charge in [-0.05, 0) is 50.4 Å². The van der Waals surface area contributed by atoms with E-state index in [1.165, 1.54) is 12.5 Å². The highest BCUT2D eigenvalue weighted by Crippen LogP contribution is 2.20. The van der Waals surface area contributed by atoms with E-state index in [0.717, 1.165) is 48.5 Å². The van der Waals surface area contributed by atoms with Crippen molar-refractivity contribution in [3.8, 4) is 0 Å². The van der Waals surface area contributed by atoms with Gasteiger partial charge in [0.05, 0.1) is 18.6 Å². The SMILES string of the molecule is CC(NC(=O)CN1C(=O)C=CC1=O)C(=O)NCC=O.CNc1cccc(CCN(C)C(=O)C(C)C(OC)C2CCCN2)c1. The summed E-state index contributed by atoms with van der Waals surface area (Å²) in [4.78, 5) is 70.7. The predicted octanol–water partition coefficient (Wildman–Crippen LogP) is -0.136. The Morgan fingerprint density at radius 3 is 2.47 bits per heavy atom. The van der Waals surface area contributed by atoms with Gasteiger partial charge in [-0.25, -0.2) is 0 Å². The van der Waals surface area contributed by atoms with Crippen LogP contribution in [0.15, 0.2) is 36.4 Å². The minimum Gasteiger partial charge on any atom is -0.388 e. The van der Waals surface area contributed by atoms with Crippen LogP contribution in [0.2, 0.25) is 0 Å². The molecule has 13 nitrogen and oxygen atoms in total. The molecule has 0 radical (unpaired) electrons. The van der Waals surface area contributed by atoms with Gasteiger partial charge >= 0.3 is 0 Å². The van der Waals surface area contributed by atoms with E-state index in [9.17, 15) is 28.8 Å². The molecule has 0 bridgehead atoms. The number of carbonyl (C=O) groups is 6. The molecule has 1 aromatic rings. The van der Waals surface area contributed by atoms with Gasteiger partial charge in [0, 0.05) is 51.6 Å². The molecule has 1 saturated heterocycles. The van der Waals surface area contributed by atoms with Gasteiger partial charge in [0.15, 0.2) is 0 Å². The van der Waals surface area contributed by atoms with Crippen LogP contribution in [0.1, 0.15) is 32.3 Å². The zero-order valence-corrected chi connectivity index (χ0v) is 25.6. The third kappa shape index (κ3) is 10.9. The molecule has 3 rings (SSSR count). The zero-order valence-electron chi connectivity index (χ0n) is 25.6. The topological polar surface area (TPSA) is 166 Å². The van der Waals surface area contributed by atoms with Gasteiger partial charge in [-0.15, -0.1) is 0 Å². The second kappa shape index (κ2) is 17.8. The van der Waals surface area contributed by atoms with Gasteiger partial charge in [0.25, 0.3) is 11.8 Å². The lowest BCUT2D eigenvalue weighted by atomic mass is 9.95. The van der Waals surface area contributed by atoms with Crippen LogP contribution in [0.4, 0.5) is 5.69 Å². The van der Waals surface area contributed by atoms with E-state index in [-0.39, 0.29) is 30.5 Å². The number of ether oxygens (including phenoxy) is 1. The minimum absolute atomic E-state index is 0.0601. The van der Waals surface area contributed by atoms with Gasteiger partial charge < -0.3 is 35.7 Å². The summed E-state index contributed by atoms with van der Waals surface area (Å²) in [7, 11) is 5.51. The van der Waals surface area contributed by atoms with Crippen molar-refractivity contribution in [3.05, 3.63) is 42.0 Å². The molecule has 4 atom stereocenters. The van der Waals surface area contributed by atoms with E-state index in [1.54, 1.807) is 7.11 Å². The van der Waals surface area contributed by atoms with Crippen LogP contribution < -0.4 is 21.3 Å². The molecule has 1 fully saturated rings. The van der Waals surface area contributed by atoms with Crippen LogP contribution in [0.3, 0.4) is 0 Å². The Bertz CT molecular complexity index is 1150. The first kappa shape index (κ1) is 35.1. The number of imide groups is 1. The molecule has 2 aliphatic rings. The molecule has 1 aromatic carbocycles. The molecule has 236 valence electrons. The molecule has 0 aliphatic carbocycles. The molecule has 13 heteroatoms. The lowest BCUT2D eigenvalue weighted by Crippen LogP contribution is -2.49. The summed E-state index contributed by atoms with van der Waals surface area (Å²) in [6.07, 6.45) is 5.67. The van der Waals surface area contributed by atoms with Crippen molar-refractivity contribution in [2.45, 2.75) is 51.3 Å². The number of hydrogen-bond donors (Lipinski definition) is 4. The zero-order chi connectivity index (χ0) is 31.9. The van der Waals surface area contributed by atoms with Crippen molar-refractivity contribution in [1.82, 2.24) is 25.8 Å². The van der Waals surface area contributed by atoms with Crippen LogP contribution in [-0.2, 0) is 39.9 Å². The van der Waals surface area contributed by atoms with Crippen molar-refractivity contribution in [1.29, 1.82) is 0 Å². The molecular weight excluding hydrogens is 556 g/mol. The second-order valence-electron chi connectivity index (χ2n) is 10.4. The highest BCUT2D eigenvalue weighted by atomic mass is 16.5. The molecule has 4 unspecified atom stereocenters. The van der Waals surface area contributed by atoms with E-state index in [2.05, 4.69) is 33.4 Å². The Morgan fingerprint density at radius 1 is 1.19 bits per heavy atom. The number of carbonyl (C=O) groups excluding carboxylic acids is 6. The summed E-state index contributed by atoms with van der Waals surface area (Å²) in [6, 6.07) is 7.73. The number of anilines is 1. The maximum absolute atomic E-state index is 12.8. The summed E-state index contributed by atoms with van der Waals surface area (Å²) >= 11 is 0. The van der Waals surface area contributed by atoms with E-state index in [4.69, 9.17) is 4.74 Å². The molecule has 5 amide bonds. The molecule has 0 spiro atoms.